The van der Waals surface area contributed by atoms with Crippen molar-refractivity contribution >= 4 is 22.1 Å². The molecule has 0 radical (unpaired) electrons. The van der Waals surface area contributed by atoms with Crippen LogP contribution < -0.4 is 18.9 Å². The van der Waals surface area contributed by atoms with Crippen molar-refractivity contribution in [1.29, 1.82) is 0 Å². The summed E-state index contributed by atoms with van der Waals surface area (Å²) in [5, 5.41) is 3.89. The zero-order chi connectivity index (χ0) is 24.7. The summed E-state index contributed by atoms with van der Waals surface area (Å²) in [5.74, 6) is 0.938. The van der Waals surface area contributed by atoms with Crippen molar-refractivity contribution < 1.29 is 36.7 Å². The van der Waals surface area contributed by atoms with Gasteiger partial charge in [-0.25, -0.2) is 17.9 Å². The van der Waals surface area contributed by atoms with Gasteiger partial charge in [-0.1, -0.05) is 11.2 Å². The van der Waals surface area contributed by atoms with Gasteiger partial charge < -0.3 is 23.5 Å². The number of sulfonamides is 1. The third-order valence-corrected chi connectivity index (χ3v) is 6.05. The summed E-state index contributed by atoms with van der Waals surface area (Å²) in [6.07, 6.45) is 2.57. The molecule has 1 N–H and O–H groups in total. The van der Waals surface area contributed by atoms with Crippen molar-refractivity contribution in [3.05, 3.63) is 53.9 Å². The van der Waals surface area contributed by atoms with Gasteiger partial charge in [0.25, 0.3) is 5.89 Å². The number of hydrogen-bond donors (Lipinski definition) is 1. The number of carbonyl (C=O) groups is 1. The van der Waals surface area contributed by atoms with E-state index in [-0.39, 0.29) is 29.0 Å². The summed E-state index contributed by atoms with van der Waals surface area (Å²) in [6.45, 7) is -0.253. The molecule has 1 heterocycles. The summed E-state index contributed by atoms with van der Waals surface area (Å²) >= 11 is 0. The Morgan fingerprint density at radius 3 is 2.50 bits per heavy atom. The summed E-state index contributed by atoms with van der Waals surface area (Å²) in [6, 6.07) is 9.60. The number of aromatic nitrogens is 2. The molecule has 0 unspecified atom stereocenters. The number of nitrogens with zero attached hydrogens (tertiary/aromatic N) is 2. The van der Waals surface area contributed by atoms with Crippen LogP contribution in [0.5, 0.6) is 17.2 Å². The zero-order valence-corrected chi connectivity index (χ0v) is 19.7. The highest BCUT2D eigenvalue weighted by atomic mass is 32.2. The van der Waals surface area contributed by atoms with Crippen LogP contribution in [0.15, 0.2) is 51.9 Å². The van der Waals surface area contributed by atoms with Crippen molar-refractivity contribution in [1.82, 2.24) is 14.9 Å². The van der Waals surface area contributed by atoms with Crippen molar-refractivity contribution in [3.63, 3.8) is 0 Å². The zero-order valence-electron chi connectivity index (χ0n) is 18.9. The molecule has 0 saturated carbocycles. The third kappa shape index (κ3) is 5.71. The smallest absolute Gasteiger partial charge is 0.331 e. The van der Waals surface area contributed by atoms with Crippen molar-refractivity contribution in [2.45, 2.75) is 11.5 Å². The van der Waals surface area contributed by atoms with Gasteiger partial charge in [0.15, 0.2) is 6.61 Å². The van der Waals surface area contributed by atoms with E-state index in [0.29, 0.717) is 22.6 Å². The predicted octanol–water partition coefficient (Wildman–Crippen LogP) is 2.43. The molecule has 0 amide bonds. The van der Waals surface area contributed by atoms with Crippen LogP contribution in [0.3, 0.4) is 0 Å². The van der Waals surface area contributed by atoms with Crippen LogP contribution in [0.4, 0.5) is 0 Å². The number of ether oxygens (including phenoxy) is 4. The molecule has 11 nitrogen and oxygen atoms in total. The van der Waals surface area contributed by atoms with E-state index in [9.17, 15) is 13.2 Å². The molecular weight excluding hydrogens is 466 g/mol. The van der Waals surface area contributed by atoms with Gasteiger partial charge in [0.05, 0.1) is 26.9 Å². The molecule has 0 bridgehead atoms. The minimum Gasteiger partial charge on any atom is -0.497 e. The Balaban J connectivity index is 1.67. The first-order valence-corrected chi connectivity index (χ1v) is 11.3. The monoisotopic (exact) mass is 489 g/mol. The average Bonchev–Trinajstić information content (AvgIpc) is 3.34. The Hall–Kier alpha value is -3.90. The SMILES string of the molecule is CNS(=O)(=O)c1cc(/C=C/C(=O)OCc2nc(-c3ccc(OC)cc3OC)no2)ccc1OC. The quantitative estimate of drug-likeness (QED) is 0.334. The average molecular weight is 490 g/mol. The van der Waals surface area contributed by atoms with E-state index in [0.717, 1.165) is 6.08 Å². The van der Waals surface area contributed by atoms with Gasteiger partial charge in [-0.3, -0.25) is 0 Å². The van der Waals surface area contributed by atoms with E-state index < -0.39 is 16.0 Å². The largest absolute Gasteiger partial charge is 0.497 e. The van der Waals surface area contributed by atoms with Crippen molar-refractivity contribution in [2.75, 3.05) is 28.4 Å². The molecule has 1 aromatic heterocycles. The molecule has 3 rings (SSSR count). The van der Waals surface area contributed by atoms with E-state index in [1.807, 2.05) is 0 Å². The van der Waals surface area contributed by atoms with Crippen LogP contribution >= 0.6 is 0 Å². The minimum atomic E-state index is -3.75. The summed E-state index contributed by atoms with van der Waals surface area (Å²) in [7, 11) is 1.96. The first-order valence-electron chi connectivity index (χ1n) is 9.82. The molecule has 2 aromatic carbocycles. The molecular formula is C22H23N3O8S. The molecule has 0 aliphatic heterocycles. The topological polar surface area (TPSA) is 139 Å². The van der Waals surface area contributed by atoms with E-state index in [4.69, 9.17) is 23.5 Å². The van der Waals surface area contributed by atoms with Crippen LogP contribution in [0.25, 0.3) is 17.5 Å². The second kappa shape index (κ2) is 10.8. The van der Waals surface area contributed by atoms with Crippen molar-refractivity contribution in [3.8, 4) is 28.6 Å². The van der Waals surface area contributed by atoms with Gasteiger partial charge >= 0.3 is 5.97 Å². The second-order valence-corrected chi connectivity index (χ2v) is 8.49. The molecule has 0 atom stereocenters. The fraction of sp³-hybridized carbons (Fsp3) is 0.227. The van der Waals surface area contributed by atoms with Crippen LogP contribution in [0.1, 0.15) is 11.5 Å². The number of esters is 1. The minimum absolute atomic E-state index is 0.0552. The van der Waals surface area contributed by atoms with Crippen LogP contribution in [0, 0.1) is 0 Å². The third-order valence-electron chi connectivity index (χ3n) is 4.61. The van der Waals surface area contributed by atoms with Gasteiger partial charge in [0.1, 0.15) is 22.1 Å². The van der Waals surface area contributed by atoms with E-state index in [2.05, 4.69) is 14.9 Å². The molecule has 0 spiro atoms. The lowest BCUT2D eigenvalue weighted by Gasteiger charge is -2.09. The Bertz CT molecular complexity index is 1300. The summed E-state index contributed by atoms with van der Waals surface area (Å²) in [4.78, 5) is 16.3. The molecule has 0 fully saturated rings. The van der Waals surface area contributed by atoms with Crippen LogP contribution in [0.2, 0.25) is 0 Å². The van der Waals surface area contributed by atoms with Gasteiger partial charge in [0, 0.05) is 12.1 Å². The highest BCUT2D eigenvalue weighted by Gasteiger charge is 2.18. The highest BCUT2D eigenvalue weighted by Crippen LogP contribution is 2.31. The number of rotatable bonds is 10. The maximum Gasteiger partial charge on any atom is 0.331 e. The molecule has 0 aliphatic rings. The second-order valence-electron chi connectivity index (χ2n) is 6.64. The maximum absolute atomic E-state index is 12.2. The Kier molecular flexibility index (Phi) is 7.87. The normalized spacial score (nSPS) is 11.4. The lowest BCUT2D eigenvalue weighted by Crippen LogP contribution is -2.19. The van der Waals surface area contributed by atoms with E-state index >= 15 is 0 Å². The molecule has 0 aliphatic carbocycles. The van der Waals surface area contributed by atoms with Gasteiger partial charge in [0.2, 0.25) is 15.8 Å². The lowest BCUT2D eigenvalue weighted by molar-refractivity contribution is -0.139. The van der Waals surface area contributed by atoms with Crippen molar-refractivity contribution in [2.24, 2.45) is 0 Å². The van der Waals surface area contributed by atoms with Crippen LogP contribution in [-0.2, 0) is 26.2 Å². The first-order chi connectivity index (χ1) is 16.3. The number of benzene rings is 2. The standard InChI is InChI=1S/C22H23N3O8S/c1-23-34(27,28)19-11-14(5-9-17(19)30-3)6-10-21(26)32-13-20-24-22(25-33-20)16-8-7-15(29-2)12-18(16)31-4/h5-12,23H,13H2,1-4H3/b10-6+. The number of methoxy groups -OCH3 is 3. The number of nitrogens with one attached hydrogen (secondary N) is 1. The molecule has 180 valence electrons. The molecule has 3 aromatic rings. The molecule has 0 saturated heterocycles. The van der Waals surface area contributed by atoms with E-state index in [1.54, 1.807) is 31.4 Å². The first kappa shape index (κ1) is 24.7. The molecule has 12 heteroatoms. The summed E-state index contributed by atoms with van der Waals surface area (Å²) < 4.78 is 52.4. The maximum atomic E-state index is 12.2. The predicted molar refractivity (Wildman–Crippen MR) is 121 cm³/mol. The lowest BCUT2D eigenvalue weighted by atomic mass is 10.2. The fourth-order valence-corrected chi connectivity index (χ4v) is 3.80. The Morgan fingerprint density at radius 1 is 1.06 bits per heavy atom. The number of carbonyl (C=O) groups excluding carboxylic acids is 1. The molecule has 34 heavy (non-hydrogen) atoms. The van der Waals surface area contributed by atoms with Crippen LogP contribution in [-0.4, -0.2) is 52.9 Å². The van der Waals surface area contributed by atoms with Gasteiger partial charge in [-0.05, 0) is 43.0 Å². The Morgan fingerprint density at radius 2 is 1.82 bits per heavy atom. The summed E-state index contributed by atoms with van der Waals surface area (Å²) in [5.41, 5.74) is 1.04. The fourth-order valence-electron chi connectivity index (χ4n) is 2.87. The van der Waals surface area contributed by atoms with E-state index in [1.165, 1.54) is 39.5 Å². The highest BCUT2D eigenvalue weighted by molar-refractivity contribution is 7.89. The number of hydrogen-bond acceptors (Lipinski definition) is 10. The van der Waals surface area contributed by atoms with Gasteiger partial charge in [-0.2, -0.15) is 4.98 Å². The van der Waals surface area contributed by atoms with Gasteiger partial charge in [-0.15, -0.1) is 0 Å². The Labute approximate surface area is 196 Å².